The highest BCUT2D eigenvalue weighted by Crippen LogP contribution is 2.33. The summed E-state index contributed by atoms with van der Waals surface area (Å²) in [6.07, 6.45) is 0. The number of hydrogen-bond acceptors (Lipinski definition) is 4. The van der Waals surface area contributed by atoms with Gasteiger partial charge >= 0.3 is 0 Å². The van der Waals surface area contributed by atoms with Crippen molar-refractivity contribution in [3.8, 4) is 11.5 Å². The Labute approximate surface area is 168 Å². The summed E-state index contributed by atoms with van der Waals surface area (Å²) in [6, 6.07) is 14.8. The minimum absolute atomic E-state index is 0.0999. The highest BCUT2D eigenvalue weighted by atomic mass is 32.2. The number of hydrogen-bond donors (Lipinski definition) is 0. The lowest BCUT2D eigenvalue weighted by Crippen LogP contribution is -2.30. The van der Waals surface area contributed by atoms with Gasteiger partial charge in [-0.15, -0.1) is 0 Å². The van der Waals surface area contributed by atoms with E-state index in [4.69, 9.17) is 9.47 Å². The Morgan fingerprint density at radius 2 is 1.45 bits per heavy atom. The zero-order chi connectivity index (χ0) is 21.0. The molecule has 0 amide bonds. The fourth-order valence-electron chi connectivity index (χ4n) is 2.79. The number of rotatable bonds is 7. The first-order chi connectivity index (χ1) is 13.8. The molecular weight excluding hydrogens is 400 g/mol. The van der Waals surface area contributed by atoms with Crippen molar-refractivity contribution >= 4 is 15.7 Å². The molecule has 0 spiro atoms. The van der Waals surface area contributed by atoms with Gasteiger partial charge in [0.05, 0.1) is 31.3 Å². The van der Waals surface area contributed by atoms with E-state index in [-0.39, 0.29) is 17.1 Å². The zero-order valence-electron chi connectivity index (χ0n) is 15.8. The minimum Gasteiger partial charge on any atom is -0.497 e. The second kappa shape index (κ2) is 8.48. The van der Waals surface area contributed by atoms with Crippen LogP contribution in [0.2, 0.25) is 0 Å². The summed E-state index contributed by atoms with van der Waals surface area (Å²) in [7, 11) is -1.20. The molecule has 3 aromatic carbocycles. The Bertz CT molecular complexity index is 1080. The maximum Gasteiger partial charge on any atom is 0.264 e. The lowest BCUT2D eigenvalue weighted by molar-refractivity contribution is 0.394. The fourth-order valence-corrected chi connectivity index (χ4v) is 4.22. The van der Waals surface area contributed by atoms with Gasteiger partial charge in [-0.25, -0.2) is 17.2 Å². The summed E-state index contributed by atoms with van der Waals surface area (Å²) < 4.78 is 65.3. The number of methoxy groups -OCH3 is 2. The normalized spacial score (nSPS) is 11.2. The average Bonchev–Trinajstić information content (AvgIpc) is 2.71. The first-order valence-electron chi connectivity index (χ1n) is 8.59. The van der Waals surface area contributed by atoms with Crippen molar-refractivity contribution < 1.29 is 26.7 Å². The quantitative estimate of drug-likeness (QED) is 0.570. The van der Waals surface area contributed by atoms with Crippen LogP contribution >= 0.6 is 0 Å². The largest absolute Gasteiger partial charge is 0.497 e. The van der Waals surface area contributed by atoms with E-state index < -0.39 is 21.7 Å². The SMILES string of the molecule is COc1cc(OC)cc(N(Cc2cccc(F)c2)S(=O)(=O)c2ccc(F)cc2)c1. The first-order valence-corrected chi connectivity index (χ1v) is 10.0. The van der Waals surface area contributed by atoms with Crippen LogP contribution in [0.15, 0.2) is 71.6 Å². The molecule has 0 atom stereocenters. The molecule has 5 nitrogen and oxygen atoms in total. The van der Waals surface area contributed by atoms with Crippen molar-refractivity contribution in [1.82, 2.24) is 0 Å². The van der Waals surface area contributed by atoms with Crippen molar-refractivity contribution in [2.45, 2.75) is 11.4 Å². The maximum absolute atomic E-state index is 13.7. The van der Waals surface area contributed by atoms with E-state index in [1.165, 1.54) is 56.7 Å². The van der Waals surface area contributed by atoms with Gasteiger partial charge < -0.3 is 9.47 Å². The zero-order valence-corrected chi connectivity index (χ0v) is 16.6. The van der Waals surface area contributed by atoms with Crippen LogP contribution < -0.4 is 13.8 Å². The summed E-state index contributed by atoms with van der Waals surface area (Å²) in [6.45, 7) is -0.145. The first kappa shape index (κ1) is 20.6. The molecule has 0 bridgehead atoms. The van der Waals surface area contributed by atoms with Crippen LogP contribution in [0.3, 0.4) is 0 Å². The predicted molar refractivity (Wildman–Crippen MR) is 106 cm³/mol. The lowest BCUT2D eigenvalue weighted by atomic mass is 10.2. The van der Waals surface area contributed by atoms with E-state index in [9.17, 15) is 17.2 Å². The van der Waals surface area contributed by atoms with Crippen LogP contribution in [0, 0.1) is 11.6 Å². The lowest BCUT2D eigenvalue weighted by Gasteiger charge is -2.25. The predicted octanol–water partition coefficient (Wildman–Crippen LogP) is 4.38. The van der Waals surface area contributed by atoms with Gasteiger partial charge in [-0.3, -0.25) is 4.31 Å². The van der Waals surface area contributed by atoms with E-state index in [1.54, 1.807) is 12.1 Å². The molecule has 3 aromatic rings. The monoisotopic (exact) mass is 419 g/mol. The summed E-state index contributed by atoms with van der Waals surface area (Å²) >= 11 is 0. The number of halogens is 2. The van der Waals surface area contributed by atoms with E-state index in [1.807, 2.05) is 0 Å². The third kappa shape index (κ3) is 4.65. The Morgan fingerprint density at radius 3 is 2.00 bits per heavy atom. The standard InChI is InChI=1S/C21H19F2NO4S/c1-27-19-11-18(12-20(13-19)28-2)24(14-15-4-3-5-17(23)10-15)29(25,26)21-8-6-16(22)7-9-21/h3-13H,14H2,1-2H3. The molecule has 0 saturated carbocycles. The summed E-state index contributed by atoms with van der Waals surface area (Å²) in [5.41, 5.74) is 0.701. The number of nitrogens with zero attached hydrogens (tertiary/aromatic N) is 1. The second-order valence-electron chi connectivity index (χ2n) is 6.17. The molecule has 29 heavy (non-hydrogen) atoms. The van der Waals surface area contributed by atoms with Crippen molar-refractivity contribution in [2.75, 3.05) is 18.5 Å². The molecular formula is C21H19F2NO4S. The van der Waals surface area contributed by atoms with Crippen molar-refractivity contribution in [3.63, 3.8) is 0 Å². The van der Waals surface area contributed by atoms with E-state index in [0.717, 1.165) is 16.4 Å². The molecule has 0 heterocycles. The highest BCUT2D eigenvalue weighted by molar-refractivity contribution is 7.92. The van der Waals surface area contributed by atoms with Gasteiger partial charge in [0.15, 0.2) is 0 Å². The Kier molecular flexibility index (Phi) is 6.03. The number of sulfonamides is 1. The number of benzene rings is 3. The van der Waals surface area contributed by atoms with Crippen LogP contribution in [0.25, 0.3) is 0 Å². The van der Waals surface area contributed by atoms with Crippen LogP contribution in [0.4, 0.5) is 14.5 Å². The number of ether oxygens (including phenoxy) is 2. The summed E-state index contributed by atoms with van der Waals surface area (Å²) in [5.74, 6) is -0.260. The molecule has 0 aliphatic rings. The highest BCUT2D eigenvalue weighted by Gasteiger charge is 2.26. The third-order valence-electron chi connectivity index (χ3n) is 4.24. The van der Waals surface area contributed by atoms with Gasteiger partial charge in [0, 0.05) is 18.2 Å². The van der Waals surface area contributed by atoms with Crippen molar-refractivity contribution in [2.24, 2.45) is 0 Å². The van der Waals surface area contributed by atoms with Crippen LogP contribution in [0.1, 0.15) is 5.56 Å². The molecule has 0 unspecified atom stereocenters. The van der Waals surface area contributed by atoms with Crippen molar-refractivity contribution in [3.05, 3.63) is 83.9 Å². The van der Waals surface area contributed by atoms with E-state index in [2.05, 4.69) is 0 Å². The second-order valence-corrected chi connectivity index (χ2v) is 8.03. The topological polar surface area (TPSA) is 55.8 Å². The Balaban J connectivity index is 2.15. The van der Waals surface area contributed by atoms with Crippen LogP contribution in [-0.4, -0.2) is 22.6 Å². The third-order valence-corrected chi connectivity index (χ3v) is 6.03. The smallest absolute Gasteiger partial charge is 0.264 e. The Morgan fingerprint density at radius 1 is 0.828 bits per heavy atom. The molecule has 8 heteroatoms. The Hall–Kier alpha value is -3.13. The molecule has 0 N–H and O–H groups in total. The molecule has 152 valence electrons. The summed E-state index contributed by atoms with van der Waals surface area (Å²) in [4.78, 5) is -0.0999. The maximum atomic E-state index is 13.7. The fraction of sp³-hybridized carbons (Fsp3) is 0.143. The molecule has 0 aliphatic heterocycles. The number of anilines is 1. The van der Waals surface area contributed by atoms with Crippen molar-refractivity contribution in [1.29, 1.82) is 0 Å². The molecule has 0 fully saturated rings. The summed E-state index contributed by atoms with van der Waals surface area (Å²) in [5, 5.41) is 0. The van der Waals surface area contributed by atoms with Crippen LogP contribution in [-0.2, 0) is 16.6 Å². The molecule has 3 rings (SSSR count). The van der Waals surface area contributed by atoms with Gasteiger partial charge in [0.2, 0.25) is 0 Å². The van der Waals surface area contributed by atoms with E-state index in [0.29, 0.717) is 17.1 Å². The molecule has 0 aromatic heterocycles. The molecule has 0 saturated heterocycles. The van der Waals surface area contributed by atoms with Gasteiger partial charge in [0.1, 0.15) is 23.1 Å². The van der Waals surface area contributed by atoms with Gasteiger partial charge in [-0.05, 0) is 42.0 Å². The minimum atomic E-state index is -4.10. The van der Waals surface area contributed by atoms with Gasteiger partial charge in [-0.1, -0.05) is 12.1 Å². The molecule has 0 radical (unpaired) electrons. The molecule has 0 aliphatic carbocycles. The van der Waals surface area contributed by atoms with Gasteiger partial charge in [-0.2, -0.15) is 0 Å². The van der Waals surface area contributed by atoms with Gasteiger partial charge in [0.25, 0.3) is 10.0 Å². The average molecular weight is 419 g/mol. The van der Waals surface area contributed by atoms with E-state index >= 15 is 0 Å². The van der Waals surface area contributed by atoms with Crippen LogP contribution in [0.5, 0.6) is 11.5 Å².